The molecule has 2 aliphatic rings. The second kappa shape index (κ2) is 11.4. The Balaban J connectivity index is 1.63. The van der Waals surface area contributed by atoms with E-state index in [0.717, 1.165) is 44.4 Å². The van der Waals surface area contributed by atoms with Gasteiger partial charge in [-0.15, -0.1) is 11.6 Å². The molecule has 3 rings (SSSR count). The number of aliphatic hydroxyl groups excluding tert-OH is 1. The molecule has 1 aromatic rings. The molecule has 2 aliphatic carbocycles. The first-order valence-electron chi connectivity index (χ1n) is 11.7. The van der Waals surface area contributed by atoms with Gasteiger partial charge < -0.3 is 10.2 Å². The second-order valence-electron chi connectivity index (χ2n) is 9.26. The zero-order chi connectivity index (χ0) is 20.6. The summed E-state index contributed by atoms with van der Waals surface area (Å²) in [5.74, 6) is 0.511. The van der Waals surface area contributed by atoms with E-state index in [2.05, 4.69) is 24.3 Å². The lowest BCUT2D eigenvalue weighted by Crippen LogP contribution is -2.21. The third-order valence-corrected chi connectivity index (χ3v) is 7.63. The van der Waals surface area contributed by atoms with E-state index in [1.54, 1.807) is 0 Å². The number of rotatable bonds is 10. The first kappa shape index (κ1) is 22.6. The number of hydrogen-bond acceptors (Lipinski definition) is 2. The van der Waals surface area contributed by atoms with Crippen LogP contribution >= 0.6 is 11.6 Å². The summed E-state index contributed by atoms with van der Waals surface area (Å²) in [5.41, 5.74) is 2.74. The predicted octanol–water partition coefficient (Wildman–Crippen LogP) is 6.31. The molecule has 3 nitrogen and oxygen atoms in total. The standard InChI is InChI=1S/C25H37ClO3/c26-22-17-23(27)25(21(22)14-6-1-2-7-15-24(28)29)20-13-9-8-12-19(20)16-18-10-4-3-5-11-18/h8-9,12-13,18,21-23,25,27H,1-7,10-11,14-17H2,(H,28,29)/t21-,22+,23+,25+/m0/s1. The van der Waals surface area contributed by atoms with Crippen LogP contribution in [0.5, 0.6) is 0 Å². The molecular formula is C25H37ClO3. The monoisotopic (exact) mass is 420 g/mol. The normalized spacial score (nSPS) is 27.9. The van der Waals surface area contributed by atoms with E-state index >= 15 is 0 Å². The van der Waals surface area contributed by atoms with Crippen molar-refractivity contribution in [2.24, 2.45) is 11.8 Å². The summed E-state index contributed by atoms with van der Waals surface area (Å²) in [6.07, 6.45) is 13.3. The maximum Gasteiger partial charge on any atom is 0.303 e. The number of alkyl halides is 1. The van der Waals surface area contributed by atoms with Gasteiger partial charge in [-0.2, -0.15) is 0 Å². The van der Waals surface area contributed by atoms with Crippen LogP contribution in [0.2, 0.25) is 0 Å². The summed E-state index contributed by atoms with van der Waals surface area (Å²) in [5, 5.41) is 19.7. The third-order valence-electron chi connectivity index (χ3n) is 7.13. The van der Waals surface area contributed by atoms with Crippen molar-refractivity contribution in [3.8, 4) is 0 Å². The van der Waals surface area contributed by atoms with Crippen molar-refractivity contribution >= 4 is 17.6 Å². The number of hydrogen-bond donors (Lipinski definition) is 2. The van der Waals surface area contributed by atoms with Crippen molar-refractivity contribution in [3.63, 3.8) is 0 Å². The van der Waals surface area contributed by atoms with Crippen LogP contribution in [0.4, 0.5) is 0 Å². The van der Waals surface area contributed by atoms with Crippen molar-refractivity contribution in [2.45, 2.75) is 101 Å². The van der Waals surface area contributed by atoms with Gasteiger partial charge in [0.25, 0.3) is 0 Å². The van der Waals surface area contributed by atoms with E-state index in [-0.39, 0.29) is 23.8 Å². The van der Waals surface area contributed by atoms with Gasteiger partial charge in [0, 0.05) is 17.7 Å². The second-order valence-corrected chi connectivity index (χ2v) is 9.82. The maximum absolute atomic E-state index is 10.9. The highest BCUT2D eigenvalue weighted by molar-refractivity contribution is 6.21. The number of aliphatic hydroxyl groups is 1. The van der Waals surface area contributed by atoms with Crippen LogP contribution in [0.1, 0.15) is 94.1 Å². The molecule has 0 heterocycles. The van der Waals surface area contributed by atoms with Crippen LogP contribution in [0.25, 0.3) is 0 Å². The maximum atomic E-state index is 10.9. The minimum absolute atomic E-state index is 0.0248. The lowest BCUT2D eigenvalue weighted by Gasteiger charge is -2.28. The summed E-state index contributed by atoms with van der Waals surface area (Å²) in [7, 11) is 0. The Labute approximate surface area is 180 Å². The largest absolute Gasteiger partial charge is 0.481 e. The smallest absolute Gasteiger partial charge is 0.303 e. The number of carbonyl (C=O) groups is 1. The van der Waals surface area contributed by atoms with E-state index < -0.39 is 5.97 Å². The molecule has 4 atom stereocenters. The number of halogens is 1. The van der Waals surface area contributed by atoms with Crippen molar-refractivity contribution in [1.29, 1.82) is 0 Å². The number of benzene rings is 1. The molecule has 2 fully saturated rings. The van der Waals surface area contributed by atoms with Crippen molar-refractivity contribution < 1.29 is 15.0 Å². The molecule has 29 heavy (non-hydrogen) atoms. The van der Waals surface area contributed by atoms with Gasteiger partial charge in [-0.1, -0.05) is 75.6 Å². The zero-order valence-corrected chi connectivity index (χ0v) is 18.3. The number of carboxylic acid groups (broad SMARTS) is 1. The van der Waals surface area contributed by atoms with Gasteiger partial charge in [-0.3, -0.25) is 4.79 Å². The molecule has 162 valence electrons. The minimum atomic E-state index is -0.709. The fraction of sp³-hybridized carbons (Fsp3) is 0.720. The molecule has 4 heteroatoms. The highest BCUT2D eigenvalue weighted by Crippen LogP contribution is 2.46. The Bertz CT molecular complexity index is 641. The Morgan fingerprint density at radius 1 is 1.03 bits per heavy atom. The summed E-state index contributed by atoms with van der Waals surface area (Å²) in [6, 6.07) is 8.73. The van der Waals surface area contributed by atoms with Gasteiger partial charge >= 0.3 is 5.97 Å². The minimum Gasteiger partial charge on any atom is -0.481 e. The topological polar surface area (TPSA) is 57.5 Å². The van der Waals surface area contributed by atoms with Crippen molar-refractivity contribution in [2.75, 3.05) is 0 Å². The molecule has 0 saturated heterocycles. The molecule has 2 saturated carbocycles. The average molecular weight is 421 g/mol. The van der Waals surface area contributed by atoms with Gasteiger partial charge in [0.15, 0.2) is 0 Å². The molecule has 0 aliphatic heterocycles. The van der Waals surface area contributed by atoms with Gasteiger partial charge in [0.1, 0.15) is 0 Å². The molecule has 2 N–H and O–H groups in total. The Morgan fingerprint density at radius 3 is 2.52 bits per heavy atom. The fourth-order valence-electron chi connectivity index (χ4n) is 5.62. The number of carboxylic acids is 1. The van der Waals surface area contributed by atoms with E-state index in [4.69, 9.17) is 16.7 Å². The molecule has 0 bridgehead atoms. The molecule has 0 amide bonds. The summed E-state index contributed by atoms with van der Waals surface area (Å²) < 4.78 is 0. The number of aliphatic carboxylic acids is 1. The summed E-state index contributed by atoms with van der Waals surface area (Å²) in [4.78, 5) is 10.6. The van der Waals surface area contributed by atoms with Gasteiger partial charge in [-0.25, -0.2) is 0 Å². The Kier molecular flexibility index (Phi) is 8.86. The molecule has 0 radical (unpaired) electrons. The first-order chi connectivity index (χ1) is 14.1. The summed E-state index contributed by atoms with van der Waals surface area (Å²) in [6.45, 7) is 0. The highest BCUT2D eigenvalue weighted by Gasteiger charge is 2.42. The van der Waals surface area contributed by atoms with Crippen molar-refractivity contribution in [1.82, 2.24) is 0 Å². The highest BCUT2D eigenvalue weighted by atomic mass is 35.5. The van der Waals surface area contributed by atoms with Gasteiger partial charge in [0.05, 0.1) is 6.10 Å². The average Bonchev–Trinajstić information content (AvgIpc) is 2.98. The zero-order valence-electron chi connectivity index (χ0n) is 17.6. The lowest BCUT2D eigenvalue weighted by atomic mass is 9.78. The van der Waals surface area contributed by atoms with Crippen LogP contribution in [-0.2, 0) is 11.2 Å². The molecular weight excluding hydrogens is 384 g/mol. The van der Waals surface area contributed by atoms with E-state index in [1.165, 1.54) is 43.2 Å². The molecule has 0 spiro atoms. The number of unbranched alkanes of at least 4 members (excludes halogenated alkanes) is 3. The Hall–Kier alpha value is -1.06. The SMILES string of the molecule is O=C(O)CCCCCC[C@@H]1[C@@H](c2ccccc2CC2CCCCC2)[C@H](O)C[C@H]1Cl. The van der Waals surface area contributed by atoms with Crippen LogP contribution in [0, 0.1) is 11.8 Å². The quantitative estimate of drug-likeness (QED) is 0.344. The first-order valence-corrected chi connectivity index (χ1v) is 12.1. The van der Waals surface area contributed by atoms with Gasteiger partial charge in [-0.05, 0) is 48.6 Å². The van der Waals surface area contributed by atoms with Crippen molar-refractivity contribution in [3.05, 3.63) is 35.4 Å². The fourth-order valence-corrected chi connectivity index (χ4v) is 6.08. The molecule has 0 unspecified atom stereocenters. The van der Waals surface area contributed by atoms with Crippen LogP contribution < -0.4 is 0 Å². The van der Waals surface area contributed by atoms with Gasteiger partial charge in [0.2, 0.25) is 0 Å². The van der Waals surface area contributed by atoms with E-state index in [0.29, 0.717) is 12.3 Å². The predicted molar refractivity (Wildman–Crippen MR) is 119 cm³/mol. The van der Waals surface area contributed by atoms with Crippen LogP contribution in [0.15, 0.2) is 24.3 Å². The lowest BCUT2D eigenvalue weighted by molar-refractivity contribution is -0.137. The van der Waals surface area contributed by atoms with Crippen LogP contribution in [0.3, 0.4) is 0 Å². The van der Waals surface area contributed by atoms with E-state index in [1.807, 2.05) is 0 Å². The molecule has 1 aromatic carbocycles. The molecule has 0 aromatic heterocycles. The third kappa shape index (κ3) is 6.46. The van der Waals surface area contributed by atoms with E-state index in [9.17, 15) is 9.90 Å². The summed E-state index contributed by atoms with van der Waals surface area (Å²) >= 11 is 6.71. The Morgan fingerprint density at radius 2 is 1.76 bits per heavy atom. The van der Waals surface area contributed by atoms with Crippen LogP contribution in [-0.4, -0.2) is 27.7 Å².